The summed E-state index contributed by atoms with van der Waals surface area (Å²) in [4.78, 5) is 10.8. The number of amides is 1. The van der Waals surface area contributed by atoms with Gasteiger partial charge in [-0.3, -0.25) is 4.79 Å². The first-order chi connectivity index (χ1) is 8.16. The largest absolute Gasteiger partial charge is 0.396 e. The summed E-state index contributed by atoms with van der Waals surface area (Å²) in [7, 11) is 0. The first-order valence-electron chi connectivity index (χ1n) is 4.38. The van der Waals surface area contributed by atoms with Crippen molar-refractivity contribution in [1.29, 1.82) is 0 Å². The molecule has 0 saturated carbocycles. The molecular formula is C9H6F6N2O. The van der Waals surface area contributed by atoms with E-state index in [2.05, 4.69) is 0 Å². The average molecular weight is 272 g/mol. The van der Waals surface area contributed by atoms with Crippen LogP contribution in [0.4, 0.5) is 37.7 Å². The molecule has 3 N–H and O–H groups in total. The molecule has 1 rings (SSSR count). The van der Waals surface area contributed by atoms with Gasteiger partial charge in [-0.1, -0.05) is 0 Å². The molecule has 0 saturated heterocycles. The van der Waals surface area contributed by atoms with Gasteiger partial charge in [0, 0.05) is 6.07 Å². The number of nitrogen functional groups attached to an aromatic ring is 1. The van der Waals surface area contributed by atoms with Crippen LogP contribution in [0.1, 0.15) is 0 Å². The normalized spacial score (nSPS) is 11.7. The van der Waals surface area contributed by atoms with Crippen LogP contribution in [0.15, 0.2) is 12.1 Å². The fourth-order valence-corrected chi connectivity index (χ4v) is 0.966. The van der Waals surface area contributed by atoms with Crippen LogP contribution >= 0.6 is 0 Å². The van der Waals surface area contributed by atoms with Crippen LogP contribution in [-0.4, -0.2) is 18.3 Å². The molecule has 0 atom stereocenters. The maximum atomic E-state index is 13.0. The summed E-state index contributed by atoms with van der Waals surface area (Å²) in [6.45, 7) is 0. The Morgan fingerprint density at radius 1 is 1.22 bits per heavy atom. The lowest BCUT2D eigenvalue weighted by Gasteiger charge is -2.15. The minimum absolute atomic E-state index is 0.228. The predicted molar refractivity (Wildman–Crippen MR) is 50.4 cm³/mol. The fourth-order valence-electron chi connectivity index (χ4n) is 0.966. The summed E-state index contributed by atoms with van der Waals surface area (Å²) < 4.78 is 74.5. The standard InChI is InChI=1S/C9H6F6N2O/c10-3-1-4(11)6(2-5(3)16)17-8(18)9(14,15)7(12)13/h1-2,7H,16H2,(H,17,18). The molecular weight excluding hydrogens is 266 g/mol. The third-order valence-corrected chi connectivity index (χ3v) is 1.91. The van der Waals surface area contributed by atoms with Gasteiger partial charge in [-0.05, 0) is 6.07 Å². The fraction of sp³-hybridized carbons (Fsp3) is 0.222. The highest BCUT2D eigenvalue weighted by Gasteiger charge is 2.49. The van der Waals surface area contributed by atoms with Crippen molar-refractivity contribution in [2.45, 2.75) is 12.3 Å². The Bertz CT molecular complexity index is 476. The molecule has 0 spiro atoms. The lowest BCUT2D eigenvalue weighted by Crippen LogP contribution is -2.41. The van der Waals surface area contributed by atoms with E-state index in [1.807, 2.05) is 0 Å². The van der Waals surface area contributed by atoms with Crippen molar-refractivity contribution in [2.24, 2.45) is 0 Å². The van der Waals surface area contributed by atoms with Crippen molar-refractivity contribution < 1.29 is 31.1 Å². The van der Waals surface area contributed by atoms with E-state index in [9.17, 15) is 31.1 Å². The van der Waals surface area contributed by atoms with Gasteiger partial charge >= 0.3 is 18.3 Å². The average Bonchev–Trinajstić information content (AvgIpc) is 2.25. The molecule has 0 aliphatic rings. The third kappa shape index (κ3) is 2.66. The van der Waals surface area contributed by atoms with E-state index in [4.69, 9.17) is 5.73 Å². The lowest BCUT2D eigenvalue weighted by molar-refractivity contribution is -0.163. The smallest absolute Gasteiger partial charge is 0.383 e. The van der Waals surface area contributed by atoms with E-state index in [-0.39, 0.29) is 6.07 Å². The number of carbonyl (C=O) groups is 1. The number of carbonyl (C=O) groups excluding carboxylic acids is 1. The molecule has 1 aromatic rings. The SMILES string of the molecule is Nc1cc(NC(=O)C(F)(F)C(F)F)c(F)cc1F. The second-order valence-corrected chi connectivity index (χ2v) is 3.23. The van der Waals surface area contributed by atoms with E-state index >= 15 is 0 Å². The second-order valence-electron chi connectivity index (χ2n) is 3.23. The van der Waals surface area contributed by atoms with E-state index < -0.39 is 41.3 Å². The Kier molecular flexibility index (Phi) is 3.73. The first-order valence-corrected chi connectivity index (χ1v) is 4.38. The van der Waals surface area contributed by atoms with Crippen LogP contribution in [0.2, 0.25) is 0 Å². The number of anilines is 2. The van der Waals surface area contributed by atoms with Gasteiger partial charge in [0.2, 0.25) is 0 Å². The van der Waals surface area contributed by atoms with Crippen LogP contribution in [-0.2, 0) is 4.79 Å². The van der Waals surface area contributed by atoms with Crippen LogP contribution in [0.5, 0.6) is 0 Å². The van der Waals surface area contributed by atoms with Gasteiger partial charge in [0.15, 0.2) is 0 Å². The van der Waals surface area contributed by atoms with E-state index in [1.54, 1.807) is 0 Å². The molecule has 9 heteroatoms. The zero-order valence-electron chi connectivity index (χ0n) is 8.49. The Labute approximate surface area is 96.6 Å². The molecule has 0 aliphatic carbocycles. The van der Waals surface area contributed by atoms with Gasteiger partial charge in [-0.15, -0.1) is 0 Å². The van der Waals surface area contributed by atoms with Crippen molar-refractivity contribution in [2.75, 3.05) is 11.1 Å². The predicted octanol–water partition coefficient (Wildman–Crippen LogP) is 2.39. The monoisotopic (exact) mass is 272 g/mol. The third-order valence-electron chi connectivity index (χ3n) is 1.91. The highest BCUT2D eigenvalue weighted by atomic mass is 19.3. The second kappa shape index (κ2) is 4.75. The van der Waals surface area contributed by atoms with Crippen LogP contribution in [0.3, 0.4) is 0 Å². The summed E-state index contributed by atoms with van der Waals surface area (Å²) in [6, 6.07) is 0.732. The van der Waals surface area contributed by atoms with Crippen LogP contribution < -0.4 is 11.1 Å². The number of hydrogen-bond acceptors (Lipinski definition) is 2. The number of halogens is 6. The Morgan fingerprint density at radius 3 is 2.28 bits per heavy atom. The molecule has 1 amide bonds. The number of nitrogens with two attached hydrogens (primary N) is 1. The van der Waals surface area contributed by atoms with E-state index in [0.29, 0.717) is 6.07 Å². The summed E-state index contributed by atoms with van der Waals surface area (Å²) in [5.74, 6) is -10.00. The van der Waals surface area contributed by atoms with Crippen LogP contribution in [0.25, 0.3) is 0 Å². The lowest BCUT2D eigenvalue weighted by atomic mass is 10.2. The zero-order chi connectivity index (χ0) is 14.1. The zero-order valence-corrected chi connectivity index (χ0v) is 8.49. The Hall–Kier alpha value is -1.93. The molecule has 0 heterocycles. The first kappa shape index (κ1) is 14.1. The highest BCUT2D eigenvalue weighted by Crippen LogP contribution is 2.27. The number of alkyl halides is 4. The molecule has 0 bridgehead atoms. The van der Waals surface area contributed by atoms with Gasteiger partial charge in [0.05, 0.1) is 11.4 Å². The van der Waals surface area contributed by atoms with Gasteiger partial charge in [0.25, 0.3) is 0 Å². The van der Waals surface area contributed by atoms with E-state index in [1.165, 1.54) is 5.32 Å². The highest BCUT2D eigenvalue weighted by molar-refractivity contribution is 5.96. The molecule has 1 aromatic carbocycles. The van der Waals surface area contributed by atoms with Gasteiger partial charge < -0.3 is 11.1 Å². The quantitative estimate of drug-likeness (QED) is 0.655. The minimum atomic E-state index is -4.99. The molecule has 0 aromatic heterocycles. The summed E-state index contributed by atoms with van der Waals surface area (Å²) in [6.07, 6.45) is -4.25. The summed E-state index contributed by atoms with van der Waals surface area (Å²) in [5.41, 5.74) is 3.46. The minimum Gasteiger partial charge on any atom is -0.396 e. The molecule has 3 nitrogen and oxygen atoms in total. The molecule has 100 valence electrons. The van der Waals surface area contributed by atoms with Crippen molar-refractivity contribution in [3.63, 3.8) is 0 Å². The van der Waals surface area contributed by atoms with Crippen LogP contribution in [0, 0.1) is 11.6 Å². The number of rotatable bonds is 3. The summed E-state index contributed by atoms with van der Waals surface area (Å²) >= 11 is 0. The molecule has 0 fully saturated rings. The van der Waals surface area contributed by atoms with Gasteiger partial charge in [0.1, 0.15) is 11.6 Å². The maximum Gasteiger partial charge on any atom is 0.383 e. The van der Waals surface area contributed by atoms with Gasteiger partial charge in [-0.25, -0.2) is 17.6 Å². The van der Waals surface area contributed by atoms with Crippen molar-refractivity contribution in [3.8, 4) is 0 Å². The Morgan fingerprint density at radius 2 is 1.78 bits per heavy atom. The van der Waals surface area contributed by atoms with E-state index in [0.717, 1.165) is 0 Å². The summed E-state index contributed by atoms with van der Waals surface area (Å²) in [5, 5.41) is 1.21. The molecule has 18 heavy (non-hydrogen) atoms. The molecule has 0 radical (unpaired) electrons. The van der Waals surface area contributed by atoms with Crippen molar-refractivity contribution >= 4 is 17.3 Å². The molecule has 0 aliphatic heterocycles. The topological polar surface area (TPSA) is 55.1 Å². The molecule has 0 unspecified atom stereocenters. The van der Waals surface area contributed by atoms with Gasteiger partial charge in [-0.2, -0.15) is 8.78 Å². The number of benzene rings is 1. The number of nitrogens with one attached hydrogen (secondary N) is 1. The van der Waals surface area contributed by atoms with Crippen molar-refractivity contribution in [1.82, 2.24) is 0 Å². The maximum absolute atomic E-state index is 13.0. The van der Waals surface area contributed by atoms with Crippen molar-refractivity contribution in [3.05, 3.63) is 23.8 Å². The number of hydrogen-bond donors (Lipinski definition) is 2. The Balaban J connectivity index is 2.99.